The molecule has 0 aliphatic heterocycles. The second kappa shape index (κ2) is 6.28. The molecule has 0 bridgehead atoms. The summed E-state index contributed by atoms with van der Waals surface area (Å²) in [6.45, 7) is 2.21. The van der Waals surface area contributed by atoms with Gasteiger partial charge in [-0.15, -0.1) is 0 Å². The largest absolute Gasteiger partial charge is 0.465 e. The van der Waals surface area contributed by atoms with Crippen molar-refractivity contribution < 1.29 is 14.6 Å². The topological polar surface area (TPSA) is 46.5 Å². The molecule has 0 atom stereocenters. The van der Waals surface area contributed by atoms with Crippen LogP contribution < -0.4 is 0 Å². The van der Waals surface area contributed by atoms with Gasteiger partial charge in [-0.25, -0.2) is 4.79 Å². The number of carbonyl (C=O) groups is 1. The summed E-state index contributed by atoms with van der Waals surface area (Å²) in [5.41, 5.74) is 2.79. The molecule has 1 aromatic carbocycles. The van der Waals surface area contributed by atoms with Gasteiger partial charge in [0.25, 0.3) is 0 Å². The van der Waals surface area contributed by atoms with E-state index in [-0.39, 0.29) is 12.6 Å². The summed E-state index contributed by atoms with van der Waals surface area (Å²) in [7, 11) is 1.39. The third-order valence-electron chi connectivity index (χ3n) is 2.58. The lowest BCUT2D eigenvalue weighted by molar-refractivity contribution is 0.0599. The number of aryl methyl sites for hydroxylation is 2. The van der Waals surface area contributed by atoms with Crippen molar-refractivity contribution >= 4 is 5.97 Å². The minimum atomic E-state index is -0.287. The molecule has 0 saturated heterocycles. The van der Waals surface area contributed by atoms with Gasteiger partial charge in [0.15, 0.2) is 0 Å². The van der Waals surface area contributed by atoms with Gasteiger partial charge in [0, 0.05) is 6.61 Å². The van der Waals surface area contributed by atoms with Gasteiger partial charge < -0.3 is 9.84 Å². The van der Waals surface area contributed by atoms with Crippen LogP contribution in [-0.2, 0) is 17.6 Å². The highest BCUT2D eigenvalue weighted by Gasteiger charge is 2.10. The first kappa shape index (κ1) is 12.7. The first-order valence-electron chi connectivity index (χ1n) is 5.53. The summed E-state index contributed by atoms with van der Waals surface area (Å²) < 4.78 is 4.72. The standard InChI is InChI=1S/C13H18O3/c1-3-11-9-10(5-4-8-14)6-7-12(11)13(15)16-2/h6-7,9,14H,3-5,8H2,1-2H3. The van der Waals surface area contributed by atoms with E-state index >= 15 is 0 Å². The van der Waals surface area contributed by atoms with Crippen molar-refractivity contribution in [1.29, 1.82) is 0 Å². The quantitative estimate of drug-likeness (QED) is 0.775. The zero-order valence-electron chi connectivity index (χ0n) is 9.82. The summed E-state index contributed by atoms with van der Waals surface area (Å²) in [4.78, 5) is 11.5. The van der Waals surface area contributed by atoms with Crippen LogP contribution in [-0.4, -0.2) is 24.8 Å². The van der Waals surface area contributed by atoms with Crippen LogP contribution >= 0.6 is 0 Å². The van der Waals surface area contributed by atoms with Crippen LogP contribution in [0.4, 0.5) is 0 Å². The van der Waals surface area contributed by atoms with E-state index in [4.69, 9.17) is 9.84 Å². The Labute approximate surface area is 96.1 Å². The molecule has 16 heavy (non-hydrogen) atoms. The highest BCUT2D eigenvalue weighted by molar-refractivity contribution is 5.91. The lowest BCUT2D eigenvalue weighted by Gasteiger charge is -2.08. The lowest BCUT2D eigenvalue weighted by atomic mass is 9.99. The average molecular weight is 222 g/mol. The zero-order chi connectivity index (χ0) is 12.0. The molecule has 3 heteroatoms. The first-order valence-corrected chi connectivity index (χ1v) is 5.53. The number of ether oxygens (including phenoxy) is 1. The predicted molar refractivity (Wildman–Crippen MR) is 62.6 cm³/mol. The SMILES string of the molecule is CCc1cc(CCCO)ccc1C(=O)OC. The zero-order valence-corrected chi connectivity index (χ0v) is 9.82. The molecule has 0 aromatic heterocycles. The number of aliphatic hydroxyl groups is 1. The second-order valence-electron chi connectivity index (χ2n) is 3.66. The maximum Gasteiger partial charge on any atom is 0.338 e. The smallest absolute Gasteiger partial charge is 0.338 e. The van der Waals surface area contributed by atoms with Crippen LogP contribution in [0, 0.1) is 0 Å². The van der Waals surface area contributed by atoms with E-state index in [2.05, 4.69) is 0 Å². The van der Waals surface area contributed by atoms with Gasteiger partial charge in [0.05, 0.1) is 12.7 Å². The summed E-state index contributed by atoms with van der Waals surface area (Å²) in [5, 5.41) is 8.76. The Bertz CT molecular complexity index is 358. The van der Waals surface area contributed by atoms with Crippen LogP contribution in [0.15, 0.2) is 18.2 Å². The molecule has 0 amide bonds. The van der Waals surface area contributed by atoms with Crippen molar-refractivity contribution in [3.63, 3.8) is 0 Å². The number of carbonyl (C=O) groups excluding carboxylic acids is 1. The Hall–Kier alpha value is -1.35. The third kappa shape index (κ3) is 3.07. The number of methoxy groups -OCH3 is 1. The van der Waals surface area contributed by atoms with E-state index in [1.54, 1.807) is 6.07 Å². The van der Waals surface area contributed by atoms with Crippen molar-refractivity contribution in [1.82, 2.24) is 0 Å². The molecule has 0 fully saturated rings. The van der Waals surface area contributed by atoms with Crippen LogP contribution in [0.1, 0.15) is 34.8 Å². The molecule has 0 spiro atoms. The van der Waals surface area contributed by atoms with E-state index < -0.39 is 0 Å². The van der Waals surface area contributed by atoms with Crippen molar-refractivity contribution in [2.75, 3.05) is 13.7 Å². The monoisotopic (exact) mass is 222 g/mol. The molecule has 0 radical (unpaired) electrons. The van der Waals surface area contributed by atoms with Crippen LogP contribution in [0.25, 0.3) is 0 Å². The van der Waals surface area contributed by atoms with Crippen LogP contribution in [0.5, 0.6) is 0 Å². The number of benzene rings is 1. The summed E-state index contributed by atoms with van der Waals surface area (Å²) in [5.74, 6) is -0.287. The number of rotatable bonds is 5. The number of hydrogen-bond acceptors (Lipinski definition) is 3. The Balaban J connectivity index is 2.92. The van der Waals surface area contributed by atoms with Gasteiger partial charge in [0.1, 0.15) is 0 Å². The summed E-state index contributed by atoms with van der Waals surface area (Å²) in [6.07, 6.45) is 2.39. The number of hydrogen-bond donors (Lipinski definition) is 1. The van der Waals surface area contributed by atoms with Crippen LogP contribution in [0.2, 0.25) is 0 Å². The molecular formula is C13H18O3. The molecule has 0 aliphatic carbocycles. The molecule has 0 aliphatic rings. The van der Waals surface area contributed by atoms with E-state index in [1.165, 1.54) is 7.11 Å². The normalized spacial score (nSPS) is 10.2. The summed E-state index contributed by atoms with van der Waals surface area (Å²) in [6, 6.07) is 5.74. The lowest BCUT2D eigenvalue weighted by Crippen LogP contribution is -2.06. The van der Waals surface area contributed by atoms with Gasteiger partial charge in [0.2, 0.25) is 0 Å². The predicted octanol–water partition coefficient (Wildman–Crippen LogP) is 1.96. The van der Waals surface area contributed by atoms with E-state index in [9.17, 15) is 4.79 Å². The van der Waals surface area contributed by atoms with Gasteiger partial charge in [-0.2, -0.15) is 0 Å². The first-order chi connectivity index (χ1) is 7.72. The Morgan fingerprint density at radius 3 is 2.75 bits per heavy atom. The second-order valence-corrected chi connectivity index (χ2v) is 3.66. The molecule has 1 rings (SSSR count). The molecule has 0 unspecified atom stereocenters. The van der Waals surface area contributed by atoms with Gasteiger partial charge in [-0.3, -0.25) is 0 Å². The minimum Gasteiger partial charge on any atom is -0.465 e. The van der Waals surface area contributed by atoms with E-state index in [1.807, 2.05) is 19.1 Å². The highest BCUT2D eigenvalue weighted by atomic mass is 16.5. The Morgan fingerprint density at radius 2 is 2.19 bits per heavy atom. The molecule has 88 valence electrons. The molecule has 0 heterocycles. The van der Waals surface area contributed by atoms with Crippen molar-refractivity contribution in [2.24, 2.45) is 0 Å². The fraction of sp³-hybridized carbons (Fsp3) is 0.462. The molecule has 1 N–H and O–H groups in total. The molecule has 3 nitrogen and oxygen atoms in total. The minimum absolute atomic E-state index is 0.195. The maximum atomic E-state index is 11.5. The van der Waals surface area contributed by atoms with Gasteiger partial charge in [-0.05, 0) is 36.5 Å². The average Bonchev–Trinajstić information content (AvgIpc) is 2.34. The Morgan fingerprint density at radius 1 is 1.44 bits per heavy atom. The van der Waals surface area contributed by atoms with E-state index in [0.29, 0.717) is 5.56 Å². The molecule has 1 aromatic rings. The van der Waals surface area contributed by atoms with Crippen molar-refractivity contribution in [2.45, 2.75) is 26.2 Å². The maximum absolute atomic E-state index is 11.5. The fourth-order valence-corrected chi connectivity index (χ4v) is 1.69. The van der Waals surface area contributed by atoms with E-state index in [0.717, 1.165) is 30.4 Å². The summed E-state index contributed by atoms with van der Waals surface area (Å²) >= 11 is 0. The van der Waals surface area contributed by atoms with Crippen molar-refractivity contribution in [3.8, 4) is 0 Å². The van der Waals surface area contributed by atoms with Crippen molar-refractivity contribution in [3.05, 3.63) is 34.9 Å². The number of esters is 1. The molecule has 0 saturated carbocycles. The highest BCUT2D eigenvalue weighted by Crippen LogP contribution is 2.15. The molecular weight excluding hydrogens is 204 g/mol. The third-order valence-corrected chi connectivity index (χ3v) is 2.58. The fourth-order valence-electron chi connectivity index (χ4n) is 1.69. The Kier molecular flexibility index (Phi) is 4.99. The number of aliphatic hydroxyl groups excluding tert-OH is 1. The van der Waals surface area contributed by atoms with Gasteiger partial charge >= 0.3 is 5.97 Å². The van der Waals surface area contributed by atoms with Gasteiger partial charge in [-0.1, -0.05) is 19.1 Å². The van der Waals surface area contributed by atoms with Crippen LogP contribution in [0.3, 0.4) is 0 Å².